The van der Waals surface area contributed by atoms with Crippen LogP contribution in [0.5, 0.6) is 0 Å². The number of rotatable bonds is 6. The molecule has 0 aromatic heterocycles. The van der Waals surface area contributed by atoms with Crippen LogP contribution in [-0.2, 0) is 4.18 Å². The van der Waals surface area contributed by atoms with Crippen LogP contribution in [-0.4, -0.2) is 20.3 Å². The van der Waals surface area contributed by atoms with Crippen molar-refractivity contribution >= 4 is 45.1 Å². The van der Waals surface area contributed by atoms with Crippen LogP contribution >= 0.6 is 37.6 Å². The average molecular weight is 453 g/mol. The fourth-order valence-electron chi connectivity index (χ4n) is 3.79. The molecule has 1 heterocycles. The molecule has 3 rings (SSSR count). The van der Waals surface area contributed by atoms with E-state index in [2.05, 4.69) is 81.9 Å². The molecule has 1 aliphatic heterocycles. The van der Waals surface area contributed by atoms with Crippen LogP contribution in [0.4, 0.5) is 0 Å². The molecule has 0 saturated carbocycles. The van der Waals surface area contributed by atoms with E-state index in [1.807, 2.05) is 0 Å². The molecule has 1 saturated heterocycles. The van der Waals surface area contributed by atoms with Crippen LogP contribution in [0.25, 0.3) is 0 Å². The van der Waals surface area contributed by atoms with Gasteiger partial charge in [0.05, 0.1) is 33.3 Å². The van der Waals surface area contributed by atoms with Crippen LogP contribution in [0.1, 0.15) is 35.3 Å². The third-order valence-corrected chi connectivity index (χ3v) is 10.3. The normalized spacial score (nSPS) is 23.0. The predicted molar refractivity (Wildman–Crippen MR) is 113 cm³/mol. The zero-order chi connectivity index (χ0) is 16.1. The van der Waals surface area contributed by atoms with Crippen molar-refractivity contribution in [1.29, 1.82) is 0 Å². The molecule has 0 aliphatic carbocycles. The fourth-order valence-corrected chi connectivity index (χ4v) is 8.78. The number of halogens is 1. The Kier molecular flexibility index (Phi) is 6.48. The van der Waals surface area contributed by atoms with Crippen LogP contribution in [0.3, 0.4) is 0 Å². The summed E-state index contributed by atoms with van der Waals surface area (Å²) >= 11 is 2.18. The first-order valence-electron chi connectivity index (χ1n) is 7.92. The van der Waals surface area contributed by atoms with Crippen molar-refractivity contribution in [2.24, 2.45) is 0 Å². The number of hydrogen-bond acceptors (Lipinski definition) is 2. The van der Waals surface area contributed by atoms with Crippen LogP contribution in [0.2, 0.25) is 0 Å². The zero-order valence-electron chi connectivity index (χ0n) is 13.0. The lowest BCUT2D eigenvalue weighted by Gasteiger charge is -2.31. The van der Waals surface area contributed by atoms with Gasteiger partial charge in [0, 0.05) is 21.2 Å². The van der Waals surface area contributed by atoms with Gasteiger partial charge in [-0.1, -0.05) is 60.7 Å². The summed E-state index contributed by atoms with van der Waals surface area (Å²) in [4.78, 5) is 0. The lowest BCUT2D eigenvalue weighted by atomic mass is 10.0. The van der Waals surface area contributed by atoms with E-state index in [0.717, 1.165) is 12.8 Å². The first kappa shape index (κ1) is 17.8. The summed E-state index contributed by atoms with van der Waals surface area (Å²) in [5.41, 5.74) is 3.81. The summed E-state index contributed by atoms with van der Waals surface area (Å²) in [5.74, 6) is 0. The average Bonchev–Trinajstić information content (AvgIpc) is 2.94. The topological polar surface area (TPSA) is 9.23 Å². The van der Waals surface area contributed by atoms with Crippen molar-refractivity contribution < 1.29 is 4.18 Å². The van der Waals surface area contributed by atoms with E-state index in [-0.39, 0.29) is 0 Å². The van der Waals surface area contributed by atoms with Gasteiger partial charge in [-0.15, -0.1) is 0 Å². The van der Waals surface area contributed by atoms with E-state index in [0.29, 0.717) is 11.3 Å². The van der Waals surface area contributed by atoms with Crippen LogP contribution < -0.4 is 0 Å². The number of hydrogen-bond donors (Lipinski definition) is 0. The maximum atomic E-state index is 7.17. The van der Waals surface area contributed by atoms with E-state index < -0.39 is 7.14 Å². The van der Waals surface area contributed by atoms with Crippen molar-refractivity contribution in [3.63, 3.8) is 0 Å². The van der Waals surface area contributed by atoms with Crippen molar-refractivity contribution in [2.75, 3.05) is 12.8 Å². The van der Waals surface area contributed by atoms with E-state index in [1.54, 1.807) is 0 Å². The van der Waals surface area contributed by atoms with Gasteiger partial charge in [-0.05, 0) is 31.1 Å². The predicted octanol–water partition coefficient (Wildman–Crippen LogP) is 6.38. The summed E-state index contributed by atoms with van der Waals surface area (Å²) < 4.78 is 5.58. The van der Waals surface area contributed by atoms with Crippen molar-refractivity contribution in [2.45, 2.75) is 24.2 Å². The molecule has 0 N–H and O–H groups in total. The van der Waals surface area contributed by atoms with Crippen molar-refractivity contribution in [3.05, 3.63) is 71.8 Å². The Morgan fingerprint density at radius 3 is 1.87 bits per heavy atom. The van der Waals surface area contributed by atoms with E-state index in [1.165, 1.54) is 33.2 Å². The minimum Gasteiger partial charge on any atom is -0.302 e. The van der Waals surface area contributed by atoms with Gasteiger partial charge in [-0.2, -0.15) is 0 Å². The molecule has 0 spiro atoms. The van der Waals surface area contributed by atoms with Gasteiger partial charge in [0.25, 0.3) is 0 Å². The highest BCUT2D eigenvalue weighted by molar-refractivity contribution is 14.2. The molecule has 5 heteroatoms. The first-order valence-corrected chi connectivity index (χ1v) is 13.4. The molecule has 23 heavy (non-hydrogen) atoms. The second-order valence-electron chi connectivity index (χ2n) is 6.03. The third kappa shape index (κ3) is 3.97. The lowest BCUT2D eigenvalue weighted by molar-refractivity contribution is 0.411. The van der Waals surface area contributed by atoms with Gasteiger partial charge < -0.3 is 4.18 Å². The highest BCUT2D eigenvalue weighted by Crippen LogP contribution is 2.81. The second kappa shape index (κ2) is 8.38. The summed E-state index contributed by atoms with van der Waals surface area (Å²) in [7, 11) is 6.93. The molecule has 118 valence electrons. The quantitative estimate of drug-likeness (QED) is 0.165. The molecule has 0 unspecified atom stereocenters. The lowest BCUT2D eigenvalue weighted by Crippen LogP contribution is -2.12. The van der Waals surface area contributed by atoms with Crippen LogP contribution in [0, 0.1) is 0 Å². The Labute approximate surface area is 157 Å². The van der Waals surface area contributed by atoms with Crippen molar-refractivity contribution in [1.82, 2.24) is 0 Å². The molecule has 1 fully saturated rings. The summed E-state index contributed by atoms with van der Waals surface area (Å²) in [6.07, 6.45) is 3.36. The van der Waals surface area contributed by atoms with Gasteiger partial charge in [0.15, 0.2) is 0 Å². The smallest absolute Gasteiger partial charge is 0.302 e. The van der Waals surface area contributed by atoms with E-state index in [4.69, 9.17) is 11.7 Å². The van der Waals surface area contributed by atoms with Gasteiger partial charge in [0.2, 0.25) is 0 Å². The molecular weight excluding hydrogens is 433 g/mol. The molecule has 2 aromatic carbocycles. The van der Waals surface area contributed by atoms with Gasteiger partial charge in [0.1, 0.15) is 0 Å². The second-order valence-corrected chi connectivity index (χ2v) is 11.2. The fraction of sp³-hybridized carbons (Fsp3) is 0.333. The summed E-state index contributed by atoms with van der Waals surface area (Å²) in [5, 5.41) is 0. The molecule has 2 radical (unpaired) electrons. The molecule has 2 aromatic rings. The largest absolute Gasteiger partial charge is 0.366 e. The first-order chi connectivity index (χ1) is 11.3. The molecule has 1 nitrogen and oxygen atoms in total. The minimum absolute atomic E-state index is 0.497. The Hall–Kier alpha value is -0.0251. The molecule has 1 aliphatic rings. The maximum Gasteiger partial charge on any atom is 0.366 e. The van der Waals surface area contributed by atoms with Crippen molar-refractivity contribution in [3.8, 4) is 0 Å². The highest BCUT2D eigenvalue weighted by Gasteiger charge is 2.53. The minimum atomic E-state index is -1.66. The molecular formula is C18H20BIOPS+. The van der Waals surface area contributed by atoms with Gasteiger partial charge in [-0.3, -0.25) is 0 Å². The Morgan fingerprint density at radius 2 is 1.43 bits per heavy atom. The number of benzene rings is 2. The third-order valence-electron chi connectivity index (χ3n) is 4.85. The molecule has 0 amide bonds. The zero-order valence-corrected chi connectivity index (χ0v) is 16.8. The van der Waals surface area contributed by atoms with E-state index in [9.17, 15) is 0 Å². The van der Waals surface area contributed by atoms with Gasteiger partial charge >= 0.3 is 7.57 Å². The highest BCUT2D eigenvalue weighted by atomic mass is 127. The summed E-state index contributed by atoms with van der Waals surface area (Å²) in [6.45, 7) is 0.741. The van der Waals surface area contributed by atoms with E-state index >= 15 is 0 Å². The monoisotopic (exact) mass is 453 g/mol. The SMILES string of the molecule is [B][P+]1(CCOSI)[C@@H](c2ccccc2)CC[C@@H]1c1ccccc1. The Morgan fingerprint density at radius 1 is 0.957 bits per heavy atom. The van der Waals surface area contributed by atoms with Crippen LogP contribution in [0.15, 0.2) is 60.7 Å². The molecule has 2 atom stereocenters. The maximum absolute atomic E-state index is 7.17. The standard InChI is InChI=1S/C18H20BIOPS/c19-22(14-13-21-23-20)17(15-7-3-1-4-8-15)11-12-18(22)16-9-5-2-6-10-16/h1-10,17-18H,11-14H2/q+1/t17-,18-/m1/s1. The molecule has 0 bridgehead atoms. The Bertz CT molecular complexity index is 565. The summed E-state index contributed by atoms with van der Waals surface area (Å²) in [6, 6.07) is 21.7. The Balaban J connectivity index is 1.91. The van der Waals surface area contributed by atoms with Gasteiger partial charge in [-0.25, -0.2) is 0 Å².